The first-order chi connectivity index (χ1) is 13.9. The van der Waals surface area contributed by atoms with Crippen LogP contribution >= 0.6 is 0 Å². The van der Waals surface area contributed by atoms with Gasteiger partial charge in [0, 0.05) is 37.9 Å². The van der Waals surface area contributed by atoms with Crippen LogP contribution in [0.25, 0.3) is 5.70 Å². The minimum Gasteiger partial charge on any atom is -0.338 e. The molecule has 2 aromatic heterocycles. The highest BCUT2D eigenvalue weighted by Crippen LogP contribution is 2.29. The van der Waals surface area contributed by atoms with E-state index in [-0.39, 0.29) is 6.54 Å². The molecule has 3 aromatic rings. The van der Waals surface area contributed by atoms with Gasteiger partial charge in [0.05, 0.1) is 23.3 Å². The van der Waals surface area contributed by atoms with Crippen molar-refractivity contribution in [3.05, 3.63) is 83.6 Å². The maximum Gasteiger partial charge on any atom is 0.416 e. The summed E-state index contributed by atoms with van der Waals surface area (Å²) in [6, 6.07) is 9.25. The van der Waals surface area contributed by atoms with Crippen molar-refractivity contribution >= 4 is 11.5 Å². The van der Waals surface area contributed by atoms with E-state index >= 15 is 0 Å². The van der Waals surface area contributed by atoms with Gasteiger partial charge in [0.15, 0.2) is 0 Å². The number of fused-ring (bicyclic) bond motifs is 1. The zero-order valence-corrected chi connectivity index (χ0v) is 15.6. The Morgan fingerprint density at radius 3 is 2.93 bits per heavy atom. The van der Waals surface area contributed by atoms with E-state index in [2.05, 4.69) is 27.2 Å². The van der Waals surface area contributed by atoms with Crippen molar-refractivity contribution in [1.29, 1.82) is 0 Å². The summed E-state index contributed by atoms with van der Waals surface area (Å²) in [6.45, 7) is 6.05. The SMILES string of the molecule is C=C(Nc1cn(Cc2cccc(C(F)(F)F)c2)cn1)c1ccc2c(n1)CCNC2. The van der Waals surface area contributed by atoms with E-state index in [0.717, 1.165) is 43.0 Å². The number of hydrogen-bond donors (Lipinski definition) is 2. The summed E-state index contributed by atoms with van der Waals surface area (Å²) in [6.07, 6.45) is -0.176. The lowest BCUT2D eigenvalue weighted by atomic mass is 10.1. The lowest BCUT2D eigenvalue weighted by molar-refractivity contribution is -0.137. The predicted octanol–water partition coefficient (Wildman–Crippen LogP) is 4.07. The Hall–Kier alpha value is -3.13. The van der Waals surface area contributed by atoms with Gasteiger partial charge in [-0.2, -0.15) is 13.2 Å². The second-order valence-electron chi connectivity index (χ2n) is 6.96. The third-order valence-electron chi connectivity index (χ3n) is 4.76. The van der Waals surface area contributed by atoms with E-state index in [1.807, 2.05) is 12.1 Å². The summed E-state index contributed by atoms with van der Waals surface area (Å²) in [7, 11) is 0. The number of aromatic nitrogens is 3. The van der Waals surface area contributed by atoms with E-state index < -0.39 is 11.7 Å². The number of alkyl halides is 3. The highest BCUT2D eigenvalue weighted by atomic mass is 19.4. The number of imidazole rings is 1. The Bertz CT molecular complexity index is 1040. The lowest BCUT2D eigenvalue weighted by Gasteiger charge is -2.17. The fourth-order valence-electron chi connectivity index (χ4n) is 3.29. The molecule has 0 atom stereocenters. The van der Waals surface area contributed by atoms with Crippen molar-refractivity contribution in [2.75, 3.05) is 11.9 Å². The number of nitrogens with one attached hydrogen (secondary N) is 2. The molecular formula is C21H20F3N5. The molecule has 150 valence electrons. The van der Waals surface area contributed by atoms with Crippen LogP contribution in [0.15, 0.2) is 55.5 Å². The maximum atomic E-state index is 12.9. The van der Waals surface area contributed by atoms with Gasteiger partial charge in [0.2, 0.25) is 0 Å². The molecule has 0 radical (unpaired) electrons. The number of halogens is 3. The molecule has 4 rings (SSSR count). The Kier molecular flexibility index (Phi) is 5.10. The Labute approximate surface area is 166 Å². The number of benzene rings is 1. The van der Waals surface area contributed by atoms with Crippen molar-refractivity contribution in [3.8, 4) is 0 Å². The fraction of sp³-hybridized carbons (Fsp3) is 0.238. The number of hydrogen-bond acceptors (Lipinski definition) is 4. The van der Waals surface area contributed by atoms with Gasteiger partial charge in [0.25, 0.3) is 0 Å². The average Bonchev–Trinajstić information content (AvgIpc) is 3.13. The van der Waals surface area contributed by atoms with Crippen molar-refractivity contribution < 1.29 is 13.2 Å². The van der Waals surface area contributed by atoms with E-state index in [4.69, 9.17) is 0 Å². The Morgan fingerprint density at radius 2 is 2.10 bits per heavy atom. The minimum absolute atomic E-state index is 0.287. The quantitative estimate of drug-likeness (QED) is 0.679. The number of nitrogens with zero attached hydrogens (tertiary/aromatic N) is 3. The second kappa shape index (κ2) is 7.71. The van der Waals surface area contributed by atoms with Crippen LogP contribution in [0.5, 0.6) is 0 Å². The number of rotatable bonds is 5. The van der Waals surface area contributed by atoms with Gasteiger partial charge in [-0.1, -0.05) is 24.8 Å². The van der Waals surface area contributed by atoms with Gasteiger partial charge in [-0.25, -0.2) is 4.98 Å². The van der Waals surface area contributed by atoms with Crippen LogP contribution in [0.2, 0.25) is 0 Å². The molecule has 0 unspecified atom stereocenters. The van der Waals surface area contributed by atoms with E-state index in [0.29, 0.717) is 17.1 Å². The van der Waals surface area contributed by atoms with Crippen LogP contribution in [0, 0.1) is 0 Å². The summed E-state index contributed by atoms with van der Waals surface area (Å²) >= 11 is 0. The van der Waals surface area contributed by atoms with Crippen molar-refractivity contribution in [2.45, 2.75) is 25.7 Å². The average molecular weight is 399 g/mol. The Balaban J connectivity index is 1.44. The lowest BCUT2D eigenvalue weighted by Crippen LogP contribution is -2.24. The zero-order valence-electron chi connectivity index (χ0n) is 15.6. The predicted molar refractivity (Wildman–Crippen MR) is 105 cm³/mol. The van der Waals surface area contributed by atoms with Gasteiger partial charge in [0.1, 0.15) is 5.82 Å². The third kappa shape index (κ3) is 4.48. The van der Waals surface area contributed by atoms with Gasteiger partial charge >= 0.3 is 6.18 Å². The summed E-state index contributed by atoms with van der Waals surface area (Å²) in [5, 5.41) is 6.43. The molecule has 8 heteroatoms. The largest absolute Gasteiger partial charge is 0.416 e. The van der Waals surface area contributed by atoms with E-state index in [9.17, 15) is 13.2 Å². The van der Waals surface area contributed by atoms with Crippen LogP contribution in [-0.4, -0.2) is 21.1 Å². The van der Waals surface area contributed by atoms with Crippen LogP contribution in [-0.2, 0) is 25.7 Å². The zero-order chi connectivity index (χ0) is 20.4. The van der Waals surface area contributed by atoms with E-state index in [1.54, 1.807) is 23.2 Å². The van der Waals surface area contributed by atoms with Crippen LogP contribution in [0.4, 0.5) is 19.0 Å². The molecular weight excluding hydrogens is 379 g/mol. The molecule has 1 aliphatic heterocycles. The van der Waals surface area contributed by atoms with Crippen molar-refractivity contribution in [3.63, 3.8) is 0 Å². The van der Waals surface area contributed by atoms with Crippen molar-refractivity contribution in [1.82, 2.24) is 19.9 Å². The normalized spacial score (nSPS) is 13.8. The molecule has 0 saturated carbocycles. The van der Waals surface area contributed by atoms with Crippen LogP contribution in [0.3, 0.4) is 0 Å². The van der Waals surface area contributed by atoms with Gasteiger partial charge in [-0.15, -0.1) is 0 Å². The molecule has 0 fully saturated rings. The topological polar surface area (TPSA) is 54.8 Å². The minimum atomic E-state index is -4.35. The summed E-state index contributed by atoms with van der Waals surface area (Å²) in [4.78, 5) is 8.94. The van der Waals surface area contributed by atoms with Crippen LogP contribution in [0.1, 0.15) is 28.1 Å². The molecule has 29 heavy (non-hydrogen) atoms. The summed E-state index contributed by atoms with van der Waals surface area (Å²) in [5.74, 6) is 0.558. The standard InChI is InChI=1S/C21H20F3N5/c1-14(18-6-5-16-10-25-8-7-19(16)28-18)27-20-12-29(13-26-20)11-15-3-2-4-17(9-15)21(22,23)24/h2-6,9,12-13,25,27H,1,7-8,10-11H2. The second-order valence-corrected chi connectivity index (χ2v) is 6.96. The van der Waals surface area contributed by atoms with E-state index in [1.165, 1.54) is 11.6 Å². The van der Waals surface area contributed by atoms with Crippen molar-refractivity contribution in [2.24, 2.45) is 0 Å². The first-order valence-corrected chi connectivity index (χ1v) is 9.22. The summed E-state index contributed by atoms with van der Waals surface area (Å²) < 4.78 is 40.3. The molecule has 0 saturated heterocycles. The smallest absolute Gasteiger partial charge is 0.338 e. The molecule has 1 aromatic carbocycles. The molecule has 0 bridgehead atoms. The summed E-state index contributed by atoms with van der Waals surface area (Å²) in [5.41, 5.74) is 3.52. The van der Waals surface area contributed by atoms with Gasteiger partial charge in [-0.05, 0) is 29.3 Å². The van der Waals surface area contributed by atoms with Crippen LogP contribution < -0.4 is 10.6 Å². The first-order valence-electron chi connectivity index (χ1n) is 9.22. The highest BCUT2D eigenvalue weighted by Gasteiger charge is 2.30. The fourth-order valence-corrected chi connectivity index (χ4v) is 3.29. The Morgan fingerprint density at radius 1 is 1.24 bits per heavy atom. The third-order valence-corrected chi connectivity index (χ3v) is 4.76. The molecule has 0 spiro atoms. The molecule has 2 N–H and O–H groups in total. The number of anilines is 1. The highest BCUT2D eigenvalue weighted by molar-refractivity contribution is 5.71. The van der Waals surface area contributed by atoms with Gasteiger partial charge < -0.3 is 15.2 Å². The molecule has 1 aliphatic rings. The molecule has 0 aliphatic carbocycles. The maximum absolute atomic E-state index is 12.9. The molecule has 0 amide bonds. The number of pyridine rings is 1. The van der Waals surface area contributed by atoms with Gasteiger partial charge in [-0.3, -0.25) is 4.98 Å². The monoisotopic (exact) mass is 399 g/mol. The molecule has 5 nitrogen and oxygen atoms in total. The molecule has 3 heterocycles. The first kappa shape index (κ1) is 19.2.